The summed E-state index contributed by atoms with van der Waals surface area (Å²) in [6.07, 6.45) is 3.72. The third kappa shape index (κ3) is 4.90. The largest absolute Gasteiger partial charge is 0.497 e. The molecule has 0 radical (unpaired) electrons. The van der Waals surface area contributed by atoms with Crippen LogP contribution in [0.2, 0.25) is 0 Å². The summed E-state index contributed by atoms with van der Waals surface area (Å²) in [5.41, 5.74) is 1.41. The molecule has 1 atom stereocenters. The van der Waals surface area contributed by atoms with Crippen molar-refractivity contribution >= 4 is 11.9 Å². The van der Waals surface area contributed by atoms with E-state index in [1.54, 1.807) is 19.4 Å². The predicted octanol–water partition coefficient (Wildman–Crippen LogP) is 2.01. The highest BCUT2D eigenvalue weighted by molar-refractivity contribution is 5.92. The zero-order valence-electron chi connectivity index (χ0n) is 14.2. The lowest BCUT2D eigenvalue weighted by Gasteiger charge is -2.11. The fourth-order valence-corrected chi connectivity index (χ4v) is 2.60. The Balaban J connectivity index is 1.53. The highest BCUT2D eigenvalue weighted by Crippen LogP contribution is 2.13. The molecular formula is C18H22N4O3. The number of hydrogen-bond acceptors (Lipinski definition) is 6. The van der Waals surface area contributed by atoms with Crippen LogP contribution in [0.15, 0.2) is 36.5 Å². The van der Waals surface area contributed by atoms with Crippen LogP contribution in [-0.4, -0.2) is 42.2 Å². The second kappa shape index (κ2) is 8.43. The molecule has 2 heterocycles. The molecule has 0 saturated carbocycles. The van der Waals surface area contributed by atoms with Gasteiger partial charge in [0.2, 0.25) is 5.95 Å². The van der Waals surface area contributed by atoms with Gasteiger partial charge in [-0.05, 0) is 36.6 Å². The molecule has 1 aromatic carbocycles. The minimum absolute atomic E-state index is 0.110. The third-order valence-electron chi connectivity index (χ3n) is 4.01. The Kier molecular flexibility index (Phi) is 5.79. The monoisotopic (exact) mass is 342 g/mol. The molecule has 1 aromatic heterocycles. The van der Waals surface area contributed by atoms with Crippen LogP contribution < -0.4 is 15.4 Å². The van der Waals surface area contributed by atoms with Crippen molar-refractivity contribution in [1.29, 1.82) is 0 Å². The maximum Gasteiger partial charge on any atom is 0.270 e. The van der Waals surface area contributed by atoms with Gasteiger partial charge < -0.3 is 20.1 Å². The van der Waals surface area contributed by atoms with E-state index in [0.29, 0.717) is 24.7 Å². The van der Waals surface area contributed by atoms with E-state index >= 15 is 0 Å². The lowest BCUT2D eigenvalue weighted by molar-refractivity contribution is 0.0853. The van der Waals surface area contributed by atoms with Crippen LogP contribution in [0.5, 0.6) is 5.75 Å². The molecule has 1 aliphatic rings. The lowest BCUT2D eigenvalue weighted by Crippen LogP contribution is -2.32. The van der Waals surface area contributed by atoms with Crippen LogP contribution in [0.3, 0.4) is 0 Å². The molecule has 0 spiro atoms. The SMILES string of the molecule is COc1ccc(CNc2nccc(C(=O)NCC3CCCO3)n2)cc1. The number of ether oxygens (including phenoxy) is 2. The second-order valence-corrected chi connectivity index (χ2v) is 5.81. The van der Waals surface area contributed by atoms with Gasteiger partial charge in [0.05, 0.1) is 13.2 Å². The van der Waals surface area contributed by atoms with Gasteiger partial charge in [-0.2, -0.15) is 0 Å². The molecule has 25 heavy (non-hydrogen) atoms. The average Bonchev–Trinajstić information content (AvgIpc) is 3.19. The molecular weight excluding hydrogens is 320 g/mol. The zero-order chi connectivity index (χ0) is 17.5. The number of amides is 1. The first-order valence-electron chi connectivity index (χ1n) is 8.34. The quantitative estimate of drug-likeness (QED) is 0.801. The van der Waals surface area contributed by atoms with E-state index < -0.39 is 0 Å². The minimum Gasteiger partial charge on any atom is -0.497 e. The standard InChI is InChI=1S/C18H22N4O3/c1-24-14-6-4-13(5-7-14)11-21-18-19-9-8-16(22-18)17(23)20-12-15-3-2-10-25-15/h4-9,15H,2-3,10-12H2,1H3,(H,20,23)(H,19,21,22). The van der Waals surface area contributed by atoms with Crippen LogP contribution in [0, 0.1) is 0 Å². The normalized spacial score (nSPS) is 16.4. The molecule has 7 heteroatoms. The molecule has 1 saturated heterocycles. The number of carbonyl (C=O) groups is 1. The molecule has 0 bridgehead atoms. The summed E-state index contributed by atoms with van der Waals surface area (Å²) in [5.74, 6) is 1.01. The van der Waals surface area contributed by atoms with E-state index in [2.05, 4.69) is 20.6 Å². The van der Waals surface area contributed by atoms with Crippen molar-refractivity contribution < 1.29 is 14.3 Å². The van der Waals surface area contributed by atoms with Crippen molar-refractivity contribution in [3.63, 3.8) is 0 Å². The summed E-state index contributed by atoms with van der Waals surface area (Å²) >= 11 is 0. The first-order valence-corrected chi connectivity index (χ1v) is 8.34. The topological polar surface area (TPSA) is 85.4 Å². The zero-order valence-corrected chi connectivity index (χ0v) is 14.2. The van der Waals surface area contributed by atoms with Crippen molar-refractivity contribution in [2.75, 3.05) is 25.6 Å². The molecule has 2 N–H and O–H groups in total. The number of benzene rings is 1. The van der Waals surface area contributed by atoms with Gasteiger partial charge >= 0.3 is 0 Å². The first kappa shape index (κ1) is 17.2. The number of anilines is 1. The molecule has 1 fully saturated rings. The molecule has 132 valence electrons. The number of rotatable bonds is 7. The molecule has 0 aliphatic carbocycles. The Morgan fingerprint density at radius 1 is 1.32 bits per heavy atom. The van der Waals surface area contributed by atoms with Gasteiger partial charge in [0.15, 0.2) is 0 Å². The maximum absolute atomic E-state index is 12.2. The summed E-state index contributed by atoms with van der Waals surface area (Å²) < 4.78 is 10.6. The highest BCUT2D eigenvalue weighted by atomic mass is 16.5. The lowest BCUT2D eigenvalue weighted by atomic mass is 10.2. The van der Waals surface area contributed by atoms with E-state index in [1.165, 1.54) is 0 Å². The van der Waals surface area contributed by atoms with Gasteiger partial charge in [0.25, 0.3) is 5.91 Å². The maximum atomic E-state index is 12.2. The fourth-order valence-electron chi connectivity index (χ4n) is 2.60. The third-order valence-corrected chi connectivity index (χ3v) is 4.01. The molecule has 1 amide bonds. The molecule has 2 aromatic rings. The highest BCUT2D eigenvalue weighted by Gasteiger charge is 2.17. The second-order valence-electron chi connectivity index (χ2n) is 5.81. The van der Waals surface area contributed by atoms with Crippen LogP contribution >= 0.6 is 0 Å². The Bertz CT molecular complexity index is 700. The summed E-state index contributed by atoms with van der Waals surface area (Å²) in [6, 6.07) is 9.32. The summed E-state index contributed by atoms with van der Waals surface area (Å²) in [5, 5.41) is 5.98. The minimum atomic E-state index is -0.217. The number of aromatic nitrogens is 2. The van der Waals surface area contributed by atoms with E-state index in [4.69, 9.17) is 9.47 Å². The number of nitrogens with one attached hydrogen (secondary N) is 2. The van der Waals surface area contributed by atoms with Crippen molar-refractivity contribution in [2.45, 2.75) is 25.5 Å². The first-order chi connectivity index (χ1) is 12.2. The van der Waals surface area contributed by atoms with Gasteiger partial charge in [0.1, 0.15) is 11.4 Å². The van der Waals surface area contributed by atoms with Crippen molar-refractivity contribution in [2.24, 2.45) is 0 Å². The molecule has 1 aliphatic heterocycles. The predicted molar refractivity (Wildman–Crippen MR) is 93.7 cm³/mol. The molecule has 3 rings (SSSR count). The molecule has 7 nitrogen and oxygen atoms in total. The number of methoxy groups -OCH3 is 1. The number of hydrogen-bond donors (Lipinski definition) is 2. The van der Waals surface area contributed by atoms with Crippen LogP contribution in [-0.2, 0) is 11.3 Å². The van der Waals surface area contributed by atoms with Gasteiger partial charge in [-0.25, -0.2) is 9.97 Å². The van der Waals surface area contributed by atoms with Gasteiger partial charge in [0, 0.05) is 25.9 Å². The fraction of sp³-hybridized carbons (Fsp3) is 0.389. The van der Waals surface area contributed by atoms with Gasteiger partial charge in [-0.1, -0.05) is 12.1 Å². The number of carbonyl (C=O) groups excluding carboxylic acids is 1. The smallest absolute Gasteiger partial charge is 0.270 e. The van der Waals surface area contributed by atoms with Crippen LogP contribution in [0.4, 0.5) is 5.95 Å². The van der Waals surface area contributed by atoms with Crippen molar-refractivity contribution in [1.82, 2.24) is 15.3 Å². The summed E-state index contributed by atoms with van der Waals surface area (Å²) in [6.45, 7) is 1.84. The number of nitrogens with zero attached hydrogens (tertiary/aromatic N) is 2. The summed E-state index contributed by atoms with van der Waals surface area (Å²) in [4.78, 5) is 20.6. The van der Waals surface area contributed by atoms with Crippen LogP contribution in [0.1, 0.15) is 28.9 Å². The Morgan fingerprint density at radius 3 is 2.88 bits per heavy atom. The van der Waals surface area contributed by atoms with Crippen molar-refractivity contribution in [3.8, 4) is 5.75 Å². The average molecular weight is 342 g/mol. The van der Waals surface area contributed by atoms with Gasteiger partial charge in [-0.3, -0.25) is 4.79 Å². The van der Waals surface area contributed by atoms with Crippen LogP contribution in [0.25, 0.3) is 0 Å². The van der Waals surface area contributed by atoms with E-state index in [9.17, 15) is 4.79 Å². The van der Waals surface area contributed by atoms with Gasteiger partial charge in [-0.15, -0.1) is 0 Å². The van der Waals surface area contributed by atoms with E-state index in [-0.39, 0.29) is 12.0 Å². The van der Waals surface area contributed by atoms with E-state index in [1.807, 2.05) is 24.3 Å². The Labute approximate surface area is 146 Å². The molecule has 1 unspecified atom stereocenters. The Morgan fingerprint density at radius 2 is 2.16 bits per heavy atom. The van der Waals surface area contributed by atoms with E-state index in [0.717, 1.165) is 30.8 Å². The Hall–Kier alpha value is -2.67. The van der Waals surface area contributed by atoms with Crippen molar-refractivity contribution in [3.05, 3.63) is 47.8 Å². The summed E-state index contributed by atoms with van der Waals surface area (Å²) in [7, 11) is 1.64.